The number of rotatable bonds is 2. The van der Waals surface area contributed by atoms with Gasteiger partial charge in [0.05, 0.1) is 15.7 Å². The molecule has 84 valence electrons. The molecule has 0 bridgehead atoms. The van der Waals surface area contributed by atoms with Gasteiger partial charge >= 0.3 is 6.36 Å². The van der Waals surface area contributed by atoms with Crippen LogP contribution in [0.2, 0.25) is 0 Å². The van der Waals surface area contributed by atoms with Gasteiger partial charge in [0.25, 0.3) is 0 Å². The molecule has 0 saturated heterocycles. The van der Waals surface area contributed by atoms with Crippen molar-refractivity contribution in [3.63, 3.8) is 0 Å². The van der Waals surface area contributed by atoms with Crippen molar-refractivity contribution in [3.05, 3.63) is 23.8 Å². The van der Waals surface area contributed by atoms with Gasteiger partial charge in [-0.15, -0.1) is 13.2 Å². The van der Waals surface area contributed by atoms with E-state index < -0.39 is 22.9 Å². The summed E-state index contributed by atoms with van der Waals surface area (Å²) in [5, 5.41) is 0. The Morgan fingerprint density at radius 1 is 1.33 bits per heavy atom. The van der Waals surface area contributed by atoms with E-state index in [2.05, 4.69) is 4.74 Å². The maximum atomic E-state index is 12.0. The zero-order chi connectivity index (χ0) is 11.6. The fraction of sp³-hybridized carbons (Fsp3) is 0.333. The van der Waals surface area contributed by atoms with E-state index in [9.17, 15) is 17.4 Å². The topological polar surface area (TPSA) is 26.3 Å². The minimum atomic E-state index is -4.76. The summed E-state index contributed by atoms with van der Waals surface area (Å²) >= 11 is 0. The molecule has 0 aromatic heterocycles. The third-order valence-electron chi connectivity index (χ3n) is 1.63. The summed E-state index contributed by atoms with van der Waals surface area (Å²) in [5.41, 5.74) is 0.614. The Labute approximate surface area is 87.5 Å². The van der Waals surface area contributed by atoms with Crippen molar-refractivity contribution in [2.75, 3.05) is 6.26 Å². The second kappa shape index (κ2) is 4.22. The molecule has 0 N–H and O–H groups in total. The van der Waals surface area contributed by atoms with Crippen LogP contribution < -0.4 is 4.74 Å². The van der Waals surface area contributed by atoms with Crippen LogP contribution in [-0.4, -0.2) is 16.8 Å². The summed E-state index contributed by atoms with van der Waals surface area (Å²) in [6.07, 6.45) is -3.46. The van der Waals surface area contributed by atoms with Gasteiger partial charge in [-0.25, -0.2) is 0 Å². The van der Waals surface area contributed by atoms with Crippen molar-refractivity contribution in [2.24, 2.45) is 0 Å². The second-order valence-electron chi connectivity index (χ2n) is 2.95. The molecule has 0 aliphatic heterocycles. The first-order valence-electron chi connectivity index (χ1n) is 3.99. The molecule has 0 amide bonds. The van der Waals surface area contributed by atoms with Crippen LogP contribution in [0.5, 0.6) is 5.75 Å². The van der Waals surface area contributed by atoms with Crippen LogP contribution >= 0.6 is 0 Å². The molecule has 0 fully saturated rings. The number of benzene rings is 1. The van der Waals surface area contributed by atoms with E-state index in [1.54, 1.807) is 13.0 Å². The van der Waals surface area contributed by atoms with Crippen LogP contribution in [-0.2, 0) is 10.8 Å². The van der Waals surface area contributed by atoms with E-state index in [4.69, 9.17) is 0 Å². The molecule has 2 nitrogen and oxygen atoms in total. The van der Waals surface area contributed by atoms with Crippen LogP contribution in [0.15, 0.2) is 23.1 Å². The van der Waals surface area contributed by atoms with Crippen LogP contribution in [0.25, 0.3) is 0 Å². The Morgan fingerprint density at radius 3 is 2.40 bits per heavy atom. The SMILES string of the molecule is Cc1ccc(S(C)=O)c(OC(F)(F)F)c1. The molecule has 6 heteroatoms. The molecule has 1 aromatic carbocycles. The number of aryl methyl sites for hydroxylation is 1. The van der Waals surface area contributed by atoms with E-state index >= 15 is 0 Å². The van der Waals surface area contributed by atoms with Crippen molar-refractivity contribution in [1.82, 2.24) is 0 Å². The van der Waals surface area contributed by atoms with Gasteiger partial charge in [-0.05, 0) is 24.6 Å². The smallest absolute Gasteiger partial charge is 0.404 e. The van der Waals surface area contributed by atoms with Crippen molar-refractivity contribution in [2.45, 2.75) is 18.2 Å². The molecular formula is C9H9F3O2S. The minimum absolute atomic E-state index is 0.0397. The fourth-order valence-electron chi connectivity index (χ4n) is 1.06. The molecule has 0 aliphatic rings. The first kappa shape index (κ1) is 12.0. The molecule has 0 spiro atoms. The molecule has 0 radical (unpaired) electrons. The summed E-state index contributed by atoms with van der Waals surface area (Å²) in [6.45, 7) is 1.63. The van der Waals surface area contributed by atoms with Gasteiger partial charge < -0.3 is 4.74 Å². The Balaban J connectivity index is 3.13. The van der Waals surface area contributed by atoms with Gasteiger partial charge in [-0.1, -0.05) is 6.07 Å². The summed E-state index contributed by atoms with van der Waals surface area (Å²) in [5.74, 6) is -0.400. The number of halogens is 3. The predicted molar refractivity (Wildman–Crippen MR) is 50.2 cm³/mol. The first-order valence-corrected chi connectivity index (χ1v) is 5.55. The third-order valence-corrected chi connectivity index (χ3v) is 2.59. The molecule has 1 atom stereocenters. The highest BCUT2D eigenvalue weighted by Crippen LogP contribution is 2.29. The van der Waals surface area contributed by atoms with Crippen LogP contribution in [0.4, 0.5) is 13.2 Å². The quantitative estimate of drug-likeness (QED) is 0.791. The summed E-state index contributed by atoms with van der Waals surface area (Å²) < 4.78 is 50.9. The molecule has 0 aliphatic carbocycles. The largest absolute Gasteiger partial charge is 0.573 e. The highest BCUT2D eigenvalue weighted by Gasteiger charge is 2.32. The maximum absolute atomic E-state index is 12.0. The normalized spacial score (nSPS) is 13.7. The molecule has 0 saturated carbocycles. The highest BCUT2D eigenvalue weighted by atomic mass is 32.2. The summed E-state index contributed by atoms with van der Waals surface area (Å²) in [4.78, 5) is 0.0397. The molecular weight excluding hydrogens is 229 g/mol. The zero-order valence-corrected chi connectivity index (χ0v) is 8.91. The Kier molecular flexibility index (Phi) is 3.38. The van der Waals surface area contributed by atoms with E-state index in [0.29, 0.717) is 5.56 Å². The number of hydrogen-bond acceptors (Lipinski definition) is 2. The Morgan fingerprint density at radius 2 is 1.93 bits per heavy atom. The lowest BCUT2D eigenvalue weighted by atomic mass is 10.2. The average molecular weight is 238 g/mol. The van der Waals surface area contributed by atoms with Crippen molar-refractivity contribution in [1.29, 1.82) is 0 Å². The van der Waals surface area contributed by atoms with Crippen molar-refractivity contribution in [3.8, 4) is 5.75 Å². The van der Waals surface area contributed by atoms with Gasteiger partial charge in [0.2, 0.25) is 0 Å². The summed E-state index contributed by atoms with van der Waals surface area (Å²) in [6, 6.07) is 4.16. The number of hydrogen-bond donors (Lipinski definition) is 0. The van der Waals surface area contributed by atoms with Crippen LogP contribution in [0.3, 0.4) is 0 Å². The summed E-state index contributed by atoms with van der Waals surface area (Å²) in [7, 11) is -1.51. The minimum Gasteiger partial charge on any atom is -0.404 e. The first-order chi connectivity index (χ1) is 6.79. The monoisotopic (exact) mass is 238 g/mol. The van der Waals surface area contributed by atoms with Gasteiger partial charge in [-0.3, -0.25) is 4.21 Å². The highest BCUT2D eigenvalue weighted by molar-refractivity contribution is 7.84. The fourth-order valence-corrected chi connectivity index (χ4v) is 1.70. The number of alkyl halides is 3. The Bertz CT molecular complexity index is 387. The third kappa shape index (κ3) is 3.54. The van der Waals surface area contributed by atoms with Gasteiger partial charge in [0.1, 0.15) is 5.75 Å². The van der Waals surface area contributed by atoms with Gasteiger partial charge in [0.15, 0.2) is 0 Å². The molecule has 15 heavy (non-hydrogen) atoms. The van der Waals surface area contributed by atoms with E-state index in [1.165, 1.54) is 18.4 Å². The van der Waals surface area contributed by atoms with E-state index in [0.717, 1.165) is 0 Å². The van der Waals surface area contributed by atoms with E-state index in [1.807, 2.05) is 0 Å². The standard InChI is InChI=1S/C9H9F3O2S/c1-6-3-4-8(15(2)13)7(5-6)14-9(10,11)12/h3-5H,1-2H3. The Hall–Kier alpha value is -1.04. The van der Waals surface area contributed by atoms with Crippen molar-refractivity contribution >= 4 is 10.8 Å². The molecule has 1 rings (SSSR count). The predicted octanol–water partition coefficient (Wildman–Crippen LogP) is 2.63. The van der Waals surface area contributed by atoms with Crippen LogP contribution in [0, 0.1) is 6.92 Å². The number of ether oxygens (including phenoxy) is 1. The van der Waals surface area contributed by atoms with E-state index in [-0.39, 0.29) is 4.90 Å². The van der Waals surface area contributed by atoms with Gasteiger partial charge in [-0.2, -0.15) is 0 Å². The lowest BCUT2D eigenvalue weighted by Crippen LogP contribution is -2.18. The zero-order valence-electron chi connectivity index (χ0n) is 8.09. The molecule has 1 unspecified atom stereocenters. The lowest BCUT2D eigenvalue weighted by molar-refractivity contribution is -0.275. The molecule has 1 aromatic rings. The molecule has 0 heterocycles. The van der Waals surface area contributed by atoms with Crippen LogP contribution in [0.1, 0.15) is 5.56 Å². The lowest BCUT2D eigenvalue weighted by Gasteiger charge is -2.12. The van der Waals surface area contributed by atoms with Crippen molar-refractivity contribution < 1.29 is 22.1 Å². The second-order valence-corrected chi connectivity index (χ2v) is 4.30. The average Bonchev–Trinajstić information content (AvgIpc) is 1.99. The van der Waals surface area contributed by atoms with Gasteiger partial charge in [0, 0.05) is 6.26 Å². The maximum Gasteiger partial charge on any atom is 0.573 e.